The fraction of sp³-hybridized carbons (Fsp3) is 0.375. The van der Waals surface area contributed by atoms with Crippen LogP contribution in [0, 0.1) is 6.92 Å². The molecule has 32 heavy (non-hydrogen) atoms. The van der Waals surface area contributed by atoms with Crippen LogP contribution in [0.25, 0.3) is 11.0 Å². The third-order valence-electron chi connectivity index (χ3n) is 5.48. The van der Waals surface area contributed by atoms with E-state index in [1.54, 1.807) is 4.57 Å². The highest BCUT2D eigenvalue weighted by atomic mass is 32.2. The molecule has 1 N–H and O–H groups in total. The van der Waals surface area contributed by atoms with Gasteiger partial charge < -0.3 is 10.1 Å². The number of hydrogen-bond donors (Lipinski definition) is 1. The first-order chi connectivity index (χ1) is 15.6. The number of thioether (sulfide) groups is 1. The third-order valence-corrected chi connectivity index (χ3v) is 6.42. The third kappa shape index (κ3) is 5.76. The van der Waals surface area contributed by atoms with Crippen molar-refractivity contribution >= 4 is 28.7 Å². The summed E-state index contributed by atoms with van der Waals surface area (Å²) in [5.41, 5.74) is 3.59. The minimum Gasteiger partial charge on any atom is -0.379 e. The molecule has 0 radical (unpaired) electrons. The lowest BCUT2D eigenvalue weighted by Gasteiger charge is -2.26. The fourth-order valence-corrected chi connectivity index (χ4v) is 4.43. The van der Waals surface area contributed by atoms with E-state index < -0.39 is 0 Å². The number of hydrogen-bond acceptors (Lipinski definition) is 6. The van der Waals surface area contributed by atoms with Crippen molar-refractivity contribution in [3.63, 3.8) is 0 Å². The highest BCUT2D eigenvalue weighted by molar-refractivity contribution is 7.99. The summed E-state index contributed by atoms with van der Waals surface area (Å²) in [6.45, 7) is 7.16. The molecule has 1 fully saturated rings. The Morgan fingerprint density at radius 3 is 2.66 bits per heavy atom. The van der Waals surface area contributed by atoms with Crippen LogP contribution in [0.2, 0.25) is 0 Å². The van der Waals surface area contributed by atoms with Crippen LogP contribution in [0.5, 0.6) is 0 Å². The van der Waals surface area contributed by atoms with Crippen molar-refractivity contribution in [2.75, 3.05) is 45.1 Å². The predicted molar refractivity (Wildman–Crippen MR) is 127 cm³/mol. The number of aryl methyl sites for hydroxylation is 1. The number of carbonyl (C=O) groups is 1. The summed E-state index contributed by atoms with van der Waals surface area (Å²) in [5, 5.41) is 3.28. The highest BCUT2D eigenvalue weighted by Crippen LogP contribution is 2.18. The highest BCUT2D eigenvalue weighted by Gasteiger charge is 2.14. The summed E-state index contributed by atoms with van der Waals surface area (Å²) in [5.74, 6) is 0.0662. The molecule has 2 heterocycles. The number of para-hydroxylation sites is 2. The second kappa shape index (κ2) is 10.8. The van der Waals surface area contributed by atoms with Crippen molar-refractivity contribution in [3.05, 3.63) is 70.0 Å². The van der Waals surface area contributed by atoms with Crippen molar-refractivity contribution in [1.29, 1.82) is 0 Å². The minimum absolute atomic E-state index is 0.0947. The summed E-state index contributed by atoms with van der Waals surface area (Å²) in [4.78, 5) is 32.4. The zero-order valence-corrected chi connectivity index (χ0v) is 19.1. The molecule has 1 aromatic heterocycles. The Bertz CT molecular complexity index is 1120. The van der Waals surface area contributed by atoms with Gasteiger partial charge in [-0.3, -0.25) is 19.1 Å². The van der Waals surface area contributed by atoms with E-state index in [0.717, 1.165) is 49.4 Å². The van der Waals surface area contributed by atoms with E-state index in [-0.39, 0.29) is 17.2 Å². The molecule has 0 atom stereocenters. The van der Waals surface area contributed by atoms with Crippen molar-refractivity contribution < 1.29 is 9.53 Å². The molecule has 3 aromatic rings. The molecule has 1 saturated heterocycles. The lowest BCUT2D eigenvalue weighted by Crippen LogP contribution is -2.41. The van der Waals surface area contributed by atoms with E-state index in [9.17, 15) is 9.59 Å². The number of aromatic nitrogens is 2. The molecule has 0 spiro atoms. The van der Waals surface area contributed by atoms with Gasteiger partial charge in [0, 0.05) is 26.2 Å². The maximum absolute atomic E-state index is 13.2. The Kier molecular flexibility index (Phi) is 7.57. The number of nitrogens with one attached hydrogen (secondary N) is 1. The summed E-state index contributed by atoms with van der Waals surface area (Å²) in [7, 11) is 0. The molecule has 0 saturated carbocycles. The zero-order valence-electron chi connectivity index (χ0n) is 18.3. The first kappa shape index (κ1) is 22.5. The molecule has 2 aromatic carbocycles. The van der Waals surface area contributed by atoms with Gasteiger partial charge in [0.25, 0.3) is 5.56 Å². The van der Waals surface area contributed by atoms with Gasteiger partial charge in [-0.25, -0.2) is 4.98 Å². The van der Waals surface area contributed by atoms with Crippen molar-refractivity contribution in [1.82, 2.24) is 19.8 Å². The van der Waals surface area contributed by atoms with Crippen LogP contribution in [-0.4, -0.2) is 65.5 Å². The van der Waals surface area contributed by atoms with Crippen LogP contribution in [0.1, 0.15) is 11.1 Å². The molecule has 8 heteroatoms. The number of ether oxygens (including phenoxy) is 1. The van der Waals surface area contributed by atoms with Crippen LogP contribution in [0.15, 0.2) is 58.4 Å². The molecule has 4 rings (SSSR count). The molecular weight excluding hydrogens is 424 g/mol. The Morgan fingerprint density at radius 2 is 1.88 bits per heavy atom. The first-order valence-corrected chi connectivity index (χ1v) is 11.8. The van der Waals surface area contributed by atoms with Crippen LogP contribution in [-0.2, 0) is 16.1 Å². The molecule has 0 aliphatic carbocycles. The predicted octanol–water partition coefficient (Wildman–Crippen LogP) is 2.29. The van der Waals surface area contributed by atoms with E-state index in [0.29, 0.717) is 18.1 Å². The number of rotatable bonds is 8. The maximum atomic E-state index is 13.2. The lowest BCUT2D eigenvalue weighted by molar-refractivity contribution is -0.118. The first-order valence-electron chi connectivity index (χ1n) is 10.8. The van der Waals surface area contributed by atoms with Gasteiger partial charge in [-0.15, -0.1) is 0 Å². The summed E-state index contributed by atoms with van der Waals surface area (Å²) in [6, 6.07) is 15.8. The van der Waals surface area contributed by atoms with Crippen molar-refractivity contribution in [3.8, 4) is 0 Å². The monoisotopic (exact) mass is 452 g/mol. The number of amides is 1. The SMILES string of the molecule is Cc1ccc(Cn2c(=O)c(SCC(=O)NCCN3CCOCC3)nc3ccccc32)cc1. The van der Waals surface area contributed by atoms with E-state index in [4.69, 9.17) is 4.74 Å². The molecule has 0 unspecified atom stereocenters. The van der Waals surface area contributed by atoms with Crippen LogP contribution in [0.3, 0.4) is 0 Å². The minimum atomic E-state index is -0.171. The Hall–Kier alpha value is -2.68. The Balaban J connectivity index is 1.44. The standard InChI is InChI=1S/C24H28N4O3S/c1-18-6-8-19(9-7-18)16-28-21-5-3-2-4-20(21)26-23(24(28)30)32-17-22(29)25-10-11-27-12-14-31-15-13-27/h2-9H,10-17H2,1H3,(H,25,29). The largest absolute Gasteiger partial charge is 0.379 e. The summed E-state index contributed by atoms with van der Waals surface area (Å²) >= 11 is 1.19. The number of nitrogens with zero attached hydrogens (tertiary/aromatic N) is 3. The number of morpholine rings is 1. The van der Waals surface area contributed by atoms with E-state index in [2.05, 4.69) is 15.2 Å². The zero-order chi connectivity index (χ0) is 22.3. The summed E-state index contributed by atoms with van der Waals surface area (Å²) < 4.78 is 7.08. The van der Waals surface area contributed by atoms with Crippen LogP contribution in [0.4, 0.5) is 0 Å². The van der Waals surface area contributed by atoms with E-state index >= 15 is 0 Å². The van der Waals surface area contributed by atoms with Gasteiger partial charge in [-0.1, -0.05) is 53.7 Å². The molecule has 1 aliphatic rings. The average molecular weight is 453 g/mol. The average Bonchev–Trinajstić information content (AvgIpc) is 2.82. The number of benzene rings is 2. The Morgan fingerprint density at radius 1 is 1.12 bits per heavy atom. The van der Waals surface area contributed by atoms with Gasteiger partial charge in [-0.2, -0.15) is 0 Å². The second-order valence-corrected chi connectivity index (χ2v) is 8.84. The van der Waals surface area contributed by atoms with Crippen LogP contribution >= 0.6 is 11.8 Å². The number of fused-ring (bicyclic) bond motifs is 1. The van der Waals surface area contributed by atoms with E-state index in [1.165, 1.54) is 17.3 Å². The summed E-state index contributed by atoms with van der Waals surface area (Å²) in [6.07, 6.45) is 0. The van der Waals surface area contributed by atoms with Crippen molar-refractivity contribution in [2.24, 2.45) is 0 Å². The van der Waals surface area contributed by atoms with Gasteiger partial charge in [0.2, 0.25) is 5.91 Å². The Labute approximate surface area is 191 Å². The van der Waals surface area contributed by atoms with Gasteiger partial charge >= 0.3 is 0 Å². The van der Waals surface area contributed by atoms with Gasteiger partial charge in [0.1, 0.15) is 0 Å². The molecule has 7 nitrogen and oxygen atoms in total. The molecule has 1 aliphatic heterocycles. The van der Waals surface area contributed by atoms with Crippen LogP contribution < -0.4 is 10.9 Å². The van der Waals surface area contributed by atoms with E-state index in [1.807, 2.05) is 55.5 Å². The maximum Gasteiger partial charge on any atom is 0.283 e. The van der Waals surface area contributed by atoms with Gasteiger partial charge in [0.05, 0.1) is 36.5 Å². The molecular formula is C24H28N4O3S. The molecule has 168 valence electrons. The number of carbonyl (C=O) groups excluding carboxylic acids is 1. The van der Waals surface area contributed by atoms with Gasteiger partial charge in [0.15, 0.2) is 5.03 Å². The topological polar surface area (TPSA) is 76.5 Å². The fourth-order valence-electron chi connectivity index (χ4n) is 3.66. The normalized spacial score (nSPS) is 14.5. The smallest absolute Gasteiger partial charge is 0.283 e. The molecule has 0 bridgehead atoms. The van der Waals surface area contributed by atoms with Gasteiger partial charge in [-0.05, 0) is 24.6 Å². The van der Waals surface area contributed by atoms with Crippen molar-refractivity contribution in [2.45, 2.75) is 18.5 Å². The molecule has 1 amide bonds. The second-order valence-electron chi connectivity index (χ2n) is 7.88. The lowest BCUT2D eigenvalue weighted by atomic mass is 10.1. The quantitative estimate of drug-likeness (QED) is 0.529.